The molecule has 0 aliphatic heterocycles. The van der Waals surface area contributed by atoms with Crippen LogP contribution in [0.2, 0.25) is 0 Å². The number of rotatable bonds is 4. The molecule has 2 nitrogen and oxygen atoms in total. The van der Waals surface area contributed by atoms with Gasteiger partial charge in [-0.15, -0.1) is 0 Å². The SMILES string of the molecule is CCCS(=O)(=O)Cc1ccc(F)c(C)c1. The molecule has 0 aliphatic carbocycles. The van der Waals surface area contributed by atoms with Crippen LogP contribution in [0, 0.1) is 12.7 Å². The highest BCUT2D eigenvalue weighted by molar-refractivity contribution is 7.90. The first-order valence-electron chi connectivity index (χ1n) is 4.90. The van der Waals surface area contributed by atoms with Crippen LogP contribution >= 0.6 is 0 Å². The number of aryl methyl sites for hydroxylation is 1. The summed E-state index contributed by atoms with van der Waals surface area (Å²) in [7, 11) is -3.04. The first-order valence-corrected chi connectivity index (χ1v) is 6.72. The van der Waals surface area contributed by atoms with Gasteiger partial charge >= 0.3 is 0 Å². The molecule has 0 heterocycles. The third kappa shape index (κ3) is 3.63. The molecule has 0 N–H and O–H groups in total. The van der Waals surface area contributed by atoms with E-state index in [1.807, 2.05) is 6.92 Å². The van der Waals surface area contributed by atoms with Crippen molar-refractivity contribution in [3.8, 4) is 0 Å². The normalized spacial score (nSPS) is 11.7. The Kier molecular flexibility index (Phi) is 3.85. The Morgan fingerprint density at radius 2 is 2.00 bits per heavy atom. The molecule has 0 unspecified atom stereocenters. The summed E-state index contributed by atoms with van der Waals surface area (Å²) in [6.45, 7) is 3.46. The minimum absolute atomic E-state index is 0.00194. The molecule has 0 amide bonds. The topological polar surface area (TPSA) is 34.1 Å². The van der Waals surface area contributed by atoms with Crippen molar-refractivity contribution in [2.24, 2.45) is 0 Å². The van der Waals surface area contributed by atoms with Crippen molar-refractivity contribution >= 4 is 9.84 Å². The maximum atomic E-state index is 12.9. The zero-order valence-electron chi connectivity index (χ0n) is 8.96. The van der Waals surface area contributed by atoms with Gasteiger partial charge in [0, 0.05) is 0 Å². The second-order valence-electron chi connectivity index (χ2n) is 3.68. The van der Waals surface area contributed by atoms with E-state index >= 15 is 0 Å². The number of benzene rings is 1. The number of halogens is 1. The lowest BCUT2D eigenvalue weighted by Crippen LogP contribution is -2.08. The molecule has 4 heteroatoms. The maximum absolute atomic E-state index is 12.9. The fraction of sp³-hybridized carbons (Fsp3) is 0.455. The van der Waals surface area contributed by atoms with Crippen LogP contribution < -0.4 is 0 Å². The average Bonchev–Trinajstić information content (AvgIpc) is 2.10. The van der Waals surface area contributed by atoms with Crippen molar-refractivity contribution in [1.82, 2.24) is 0 Å². The predicted octanol–water partition coefficient (Wildman–Crippen LogP) is 2.46. The predicted molar refractivity (Wildman–Crippen MR) is 58.9 cm³/mol. The van der Waals surface area contributed by atoms with E-state index in [1.165, 1.54) is 12.1 Å². The van der Waals surface area contributed by atoms with Crippen molar-refractivity contribution in [1.29, 1.82) is 0 Å². The van der Waals surface area contributed by atoms with Gasteiger partial charge in [0.25, 0.3) is 0 Å². The summed E-state index contributed by atoms with van der Waals surface area (Å²) in [5, 5.41) is 0. The van der Waals surface area contributed by atoms with Crippen LogP contribution in [0.25, 0.3) is 0 Å². The summed E-state index contributed by atoms with van der Waals surface area (Å²) in [6, 6.07) is 4.42. The zero-order chi connectivity index (χ0) is 11.5. The Balaban J connectivity index is 2.86. The average molecular weight is 230 g/mol. The van der Waals surface area contributed by atoms with Gasteiger partial charge in [0.15, 0.2) is 9.84 Å². The quantitative estimate of drug-likeness (QED) is 0.796. The molecule has 0 atom stereocenters. The Bertz CT molecular complexity index is 438. The Morgan fingerprint density at radius 1 is 1.33 bits per heavy atom. The van der Waals surface area contributed by atoms with Crippen LogP contribution in [0.5, 0.6) is 0 Å². The molecule has 84 valence electrons. The third-order valence-corrected chi connectivity index (χ3v) is 3.93. The van der Waals surface area contributed by atoms with Gasteiger partial charge in [-0.3, -0.25) is 0 Å². The van der Waals surface area contributed by atoms with Crippen LogP contribution in [0.3, 0.4) is 0 Å². The molecule has 15 heavy (non-hydrogen) atoms. The molecule has 1 aromatic rings. The van der Waals surface area contributed by atoms with E-state index in [0.717, 1.165) is 0 Å². The molecule has 1 aromatic carbocycles. The van der Waals surface area contributed by atoms with Crippen molar-refractivity contribution in [3.05, 3.63) is 35.1 Å². The van der Waals surface area contributed by atoms with Crippen molar-refractivity contribution < 1.29 is 12.8 Å². The van der Waals surface area contributed by atoms with Crippen LogP contribution in [-0.4, -0.2) is 14.2 Å². The molecular formula is C11H15FO2S. The first-order chi connectivity index (χ1) is 6.94. The van der Waals surface area contributed by atoms with Crippen molar-refractivity contribution in [3.63, 3.8) is 0 Å². The van der Waals surface area contributed by atoms with Gasteiger partial charge in [0.2, 0.25) is 0 Å². The van der Waals surface area contributed by atoms with Gasteiger partial charge in [-0.2, -0.15) is 0 Å². The first kappa shape index (κ1) is 12.2. The standard InChI is InChI=1S/C11H15FO2S/c1-3-6-15(13,14)8-10-4-5-11(12)9(2)7-10/h4-5,7H,3,6,8H2,1-2H3. The molecule has 0 saturated carbocycles. The number of hydrogen-bond acceptors (Lipinski definition) is 2. The Morgan fingerprint density at radius 3 is 2.53 bits per heavy atom. The van der Waals surface area contributed by atoms with Gasteiger partial charge in [-0.25, -0.2) is 12.8 Å². The molecule has 1 rings (SSSR count). The van der Waals surface area contributed by atoms with E-state index in [2.05, 4.69) is 0 Å². The van der Waals surface area contributed by atoms with E-state index < -0.39 is 9.84 Å². The van der Waals surface area contributed by atoms with E-state index in [4.69, 9.17) is 0 Å². The van der Waals surface area contributed by atoms with Gasteiger partial charge in [0.1, 0.15) is 5.82 Å². The smallest absolute Gasteiger partial charge is 0.154 e. The molecule has 0 bridgehead atoms. The van der Waals surface area contributed by atoms with Crippen LogP contribution in [0.15, 0.2) is 18.2 Å². The van der Waals surface area contributed by atoms with Crippen molar-refractivity contribution in [2.75, 3.05) is 5.75 Å². The van der Waals surface area contributed by atoms with E-state index in [1.54, 1.807) is 13.0 Å². The van der Waals surface area contributed by atoms with Gasteiger partial charge in [-0.05, 0) is 30.5 Å². The second-order valence-corrected chi connectivity index (χ2v) is 5.86. The molecule has 0 radical (unpaired) electrons. The molecule has 0 spiro atoms. The summed E-state index contributed by atoms with van der Waals surface area (Å²) >= 11 is 0. The van der Waals surface area contributed by atoms with E-state index in [9.17, 15) is 12.8 Å². The minimum Gasteiger partial charge on any atom is -0.228 e. The molecular weight excluding hydrogens is 215 g/mol. The van der Waals surface area contributed by atoms with Gasteiger partial charge < -0.3 is 0 Å². The summed E-state index contributed by atoms with van der Waals surface area (Å²) < 4.78 is 35.9. The van der Waals surface area contributed by atoms with Crippen LogP contribution in [0.1, 0.15) is 24.5 Å². The molecule has 0 aromatic heterocycles. The maximum Gasteiger partial charge on any atom is 0.154 e. The van der Waals surface area contributed by atoms with E-state index in [-0.39, 0.29) is 17.3 Å². The Hall–Kier alpha value is -0.900. The molecule has 0 aliphatic rings. The lowest BCUT2D eigenvalue weighted by atomic mass is 10.1. The summed E-state index contributed by atoms with van der Waals surface area (Å²) in [4.78, 5) is 0. The third-order valence-electron chi connectivity index (χ3n) is 2.12. The fourth-order valence-corrected chi connectivity index (χ4v) is 2.89. The fourth-order valence-electron chi connectivity index (χ4n) is 1.43. The van der Waals surface area contributed by atoms with Gasteiger partial charge in [-0.1, -0.05) is 19.1 Å². The largest absolute Gasteiger partial charge is 0.228 e. The summed E-state index contributed by atoms with van der Waals surface area (Å²) in [5.74, 6) is -0.114. The highest BCUT2D eigenvalue weighted by atomic mass is 32.2. The second kappa shape index (κ2) is 4.75. The lowest BCUT2D eigenvalue weighted by molar-refractivity contribution is 0.593. The van der Waals surface area contributed by atoms with Crippen molar-refractivity contribution in [2.45, 2.75) is 26.0 Å². The van der Waals surface area contributed by atoms with Crippen LogP contribution in [0.4, 0.5) is 4.39 Å². The highest BCUT2D eigenvalue weighted by Gasteiger charge is 2.11. The number of sulfone groups is 1. The van der Waals surface area contributed by atoms with Crippen LogP contribution in [-0.2, 0) is 15.6 Å². The monoisotopic (exact) mass is 230 g/mol. The summed E-state index contributed by atoms with van der Waals surface area (Å²) in [6.07, 6.45) is 0.614. The molecule has 0 fully saturated rings. The summed E-state index contributed by atoms with van der Waals surface area (Å²) in [5.41, 5.74) is 1.14. The van der Waals surface area contributed by atoms with E-state index in [0.29, 0.717) is 17.5 Å². The number of hydrogen-bond donors (Lipinski definition) is 0. The highest BCUT2D eigenvalue weighted by Crippen LogP contribution is 2.12. The van der Waals surface area contributed by atoms with Gasteiger partial charge in [0.05, 0.1) is 11.5 Å². The lowest BCUT2D eigenvalue weighted by Gasteiger charge is -2.04. The minimum atomic E-state index is -3.04. The molecule has 0 saturated heterocycles. The Labute approximate surface area is 90.0 Å². The zero-order valence-corrected chi connectivity index (χ0v) is 9.77.